The molecule has 0 bridgehead atoms. The van der Waals surface area contributed by atoms with E-state index in [1.165, 1.54) is 12.1 Å². The van der Waals surface area contributed by atoms with E-state index in [0.29, 0.717) is 49.7 Å². The van der Waals surface area contributed by atoms with Gasteiger partial charge in [0.2, 0.25) is 0 Å². The zero-order valence-electron chi connectivity index (χ0n) is 20.0. The van der Waals surface area contributed by atoms with Crippen molar-refractivity contribution in [1.82, 2.24) is 0 Å². The van der Waals surface area contributed by atoms with Crippen molar-refractivity contribution in [2.75, 3.05) is 0 Å². The molecule has 2 atom stereocenters. The number of hydrogen-bond donors (Lipinski definition) is 2. The van der Waals surface area contributed by atoms with Gasteiger partial charge in [0.15, 0.2) is 0 Å². The Labute approximate surface area is 208 Å². The van der Waals surface area contributed by atoms with Gasteiger partial charge in [-0.1, -0.05) is 24.3 Å². The van der Waals surface area contributed by atoms with Crippen molar-refractivity contribution >= 4 is 29.8 Å². The molecule has 0 aromatic heterocycles. The minimum absolute atomic E-state index is 0.0184. The van der Waals surface area contributed by atoms with Crippen LogP contribution in [-0.4, -0.2) is 40.0 Å². The highest BCUT2D eigenvalue weighted by Crippen LogP contribution is 2.47. The minimum atomic E-state index is -1.08. The van der Waals surface area contributed by atoms with Gasteiger partial charge in [-0.15, -0.1) is 0 Å². The lowest BCUT2D eigenvalue weighted by Gasteiger charge is -2.27. The van der Waals surface area contributed by atoms with Crippen LogP contribution in [0, 0.1) is 0 Å². The van der Waals surface area contributed by atoms with E-state index < -0.39 is 29.9 Å². The number of rotatable bonds is 2. The molecule has 0 spiro atoms. The first kappa shape index (κ1) is 25.2. The zero-order chi connectivity index (χ0) is 25.8. The van der Waals surface area contributed by atoms with Crippen molar-refractivity contribution in [3.05, 3.63) is 64.2 Å². The van der Waals surface area contributed by atoms with Crippen LogP contribution in [0.1, 0.15) is 95.2 Å². The molecule has 0 amide bonds. The Morgan fingerprint density at radius 1 is 1.06 bits per heavy atom. The van der Waals surface area contributed by atoms with Gasteiger partial charge < -0.3 is 19.7 Å². The molecule has 36 heavy (non-hydrogen) atoms. The summed E-state index contributed by atoms with van der Waals surface area (Å²) in [7, 11) is 0. The summed E-state index contributed by atoms with van der Waals surface area (Å²) < 4.78 is 11.1. The summed E-state index contributed by atoms with van der Waals surface area (Å²) >= 11 is 0. The van der Waals surface area contributed by atoms with Crippen LogP contribution in [0.25, 0.3) is 6.08 Å². The summed E-state index contributed by atoms with van der Waals surface area (Å²) in [5, 5.41) is 20.6. The van der Waals surface area contributed by atoms with E-state index in [2.05, 4.69) is 0 Å². The second kappa shape index (κ2) is 10.8. The normalized spacial score (nSPS) is 21.9. The molecule has 0 fully saturated rings. The Balaban J connectivity index is 1.80. The van der Waals surface area contributed by atoms with Gasteiger partial charge in [-0.2, -0.15) is 0 Å². The summed E-state index contributed by atoms with van der Waals surface area (Å²) in [6, 6.07) is 7.57. The number of allylic oxidation sites excluding steroid dienone is 1. The van der Waals surface area contributed by atoms with Gasteiger partial charge in [-0.25, -0.2) is 9.59 Å². The van der Waals surface area contributed by atoms with Crippen LogP contribution < -0.4 is 4.74 Å². The number of benzene rings is 2. The number of ether oxygens (including phenoxy) is 2. The lowest BCUT2D eigenvalue weighted by molar-refractivity contribution is -0.135. The maximum absolute atomic E-state index is 13.2. The number of phenolic OH excluding ortho intramolecular Hbond substituents is 1. The van der Waals surface area contributed by atoms with Gasteiger partial charge >= 0.3 is 17.9 Å². The van der Waals surface area contributed by atoms with Crippen molar-refractivity contribution in [3.8, 4) is 11.5 Å². The van der Waals surface area contributed by atoms with E-state index in [0.717, 1.165) is 0 Å². The van der Waals surface area contributed by atoms with E-state index in [1.807, 2.05) is 6.08 Å². The van der Waals surface area contributed by atoms with Gasteiger partial charge in [-0.05, 0) is 61.9 Å². The molecule has 0 saturated heterocycles. The minimum Gasteiger partial charge on any atom is -0.507 e. The number of esters is 2. The first-order chi connectivity index (χ1) is 17.2. The topological polar surface area (TPSA) is 127 Å². The average molecular weight is 493 g/mol. The lowest BCUT2D eigenvalue weighted by Crippen LogP contribution is -2.23. The second-order valence-electron chi connectivity index (χ2n) is 9.20. The Hall–Kier alpha value is -3.94. The number of carboxylic acids is 1. The van der Waals surface area contributed by atoms with E-state index in [1.54, 1.807) is 31.2 Å². The predicted octanol–water partition coefficient (Wildman–Crippen LogP) is 5.01. The third-order valence-corrected chi connectivity index (χ3v) is 6.54. The molecular formula is C28H28O8. The van der Waals surface area contributed by atoms with Crippen molar-refractivity contribution in [3.63, 3.8) is 0 Å². The van der Waals surface area contributed by atoms with Gasteiger partial charge in [0.05, 0.1) is 18.1 Å². The number of hydrogen-bond acceptors (Lipinski definition) is 7. The van der Waals surface area contributed by atoms with Gasteiger partial charge in [-0.3, -0.25) is 9.59 Å². The molecule has 2 aliphatic heterocycles. The van der Waals surface area contributed by atoms with Gasteiger partial charge in [0.25, 0.3) is 0 Å². The van der Waals surface area contributed by atoms with E-state index in [4.69, 9.17) is 9.47 Å². The summed E-state index contributed by atoms with van der Waals surface area (Å²) in [6.07, 6.45) is 6.25. The number of cyclic esters (lactones) is 1. The van der Waals surface area contributed by atoms with E-state index in [9.17, 15) is 29.4 Å². The lowest BCUT2D eigenvalue weighted by atomic mass is 9.83. The Morgan fingerprint density at radius 2 is 1.78 bits per heavy atom. The third-order valence-electron chi connectivity index (χ3n) is 6.54. The van der Waals surface area contributed by atoms with Gasteiger partial charge in [0, 0.05) is 24.3 Å². The molecule has 2 N–H and O–H groups in total. The second-order valence-corrected chi connectivity index (χ2v) is 9.20. The fourth-order valence-electron chi connectivity index (χ4n) is 4.66. The van der Waals surface area contributed by atoms with Crippen molar-refractivity contribution in [2.45, 2.75) is 63.9 Å². The molecule has 4 rings (SSSR count). The van der Waals surface area contributed by atoms with Crippen LogP contribution in [0.4, 0.5) is 0 Å². The van der Waals surface area contributed by atoms with Crippen LogP contribution in [0.2, 0.25) is 0 Å². The average Bonchev–Trinajstić information content (AvgIpc) is 2.82. The Kier molecular flexibility index (Phi) is 7.52. The monoisotopic (exact) mass is 492 g/mol. The SMILES string of the molecule is C[C@@H]1CCCC(=O)CCC/C=C/c2cc3c(c(O)c2C(=O)O1)[C@H](c1ccc(C(=O)O)cc1)CC(=O)O3. The highest BCUT2D eigenvalue weighted by Gasteiger charge is 2.35. The highest BCUT2D eigenvalue weighted by atomic mass is 16.5. The smallest absolute Gasteiger partial charge is 0.342 e. The molecular weight excluding hydrogens is 464 g/mol. The number of fused-ring (bicyclic) bond motifs is 2. The van der Waals surface area contributed by atoms with Crippen molar-refractivity contribution in [2.24, 2.45) is 0 Å². The maximum atomic E-state index is 13.2. The van der Waals surface area contributed by atoms with Crippen molar-refractivity contribution < 1.29 is 38.9 Å². The summed E-state index contributed by atoms with van der Waals surface area (Å²) in [5.74, 6) is -2.94. The number of Topliss-reactive ketones (excluding diaryl/α,β-unsaturated/α-hetero) is 1. The molecule has 0 unspecified atom stereocenters. The molecule has 0 aliphatic carbocycles. The number of phenols is 1. The van der Waals surface area contributed by atoms with Crippen LogP contribution in [0.15, 0.2) is 36.4 Å². The molecule has 188 valence electrons. The Bertz CT molecular complexity index is 1230. The molecule has 0 radical (unpaired) electrons. The molecule has 0 saturated carbocycles. The fraction of sp³-hybridized carbons (Fsp3) is 0.357. The maximum Gasteiger partial charge on any atom is 0.342 e. The fourth-order valence-corrected chi connectivity index (χ4v) is 4.66. The largest absolute Gasteiger partial charge is 0.507 e. The number of carbonyl (C=O) groups is 4. The summed E-state index contributed by atoms with van der Waals surface area (Å²) in [4.78, 5) is 48.9. The van der Waals surface area contributed by atoms with Crippen LogP contribution >= 0.6 is 0 Å². The summed E-state index contributed by atoms with van der Waals surface area (Å²) in [6.45, 7) is 1.74. The third kappa shape index (κ3) is 5.48. The molecule has 2 aliphatic rings. The van der Waals surface area contributed by atoms with Crippen LogP contribution in [0.5, 0.6) is 11.5 Å². The van der Waals surface area contributed by atoms with Crippen LogP contribution in [-0.2, 0) is 14.3 Å². The Morgan fingerprint density at radius 3 is 2.50 bits per heavy atom. The molecule has 8 nitrogen and oxygen atoms in total. The van der Waals surface area contributed by atoms with Crippen molar-refractivity contribution in [1.29, 1.82) is 0 Å². The number of carboxylic acid groups (broad SMARTS) is 1. The van der Waals surface area contributed by atoms with Crippen LogP contribution in [0.3, 0.4) is 0 Å². The summed E-state index contributed by atoms with van der Waals surface area (Å²) in [5.41, 5.74) is 1.31. The number of aromatic carboxylic acids is 1. The number of aromatic hydroxyl groups is 1. The standard InChI is InChI=1S/C28H28O8/c1-16-6-5-9-20(29)8-4-2-3-7-19-14-22-25(26(31)24(19)28(34)35-16)21(15-23(30)36-22)17-10-12-18(13-11-17)27(32)33/h3,7,10-14,16,21,31H,2,4-6,8-9,15H2,1H3,(H,32,33)/b7-3+/t16-,21+/m1/s1. The quantitative estimate of drug-likeness (QED) is 0.442. The zero-order valence-corrected chi connectivity index (χ0v) is 20.0. The van der Waals surface area contributed by atoms with E-state index >= 15 is 0 Å². The molecule has 2 aromatic carbocycles. The highest BCUT2D eigenvalue weighted by molar-refractivity contribution is 5.98. The molecule has 2 aromatic rings. The predicted molar refractivity (Wildman–Crippen MR) is 130 cm³/mol. The molecule has 2 heterocycles. The first-order valence-corrected chi connectivity index (χ1v) is 12.1. The van der Waals surface area contributed by atoms with Gasteiger partial charge in [0.1, 0.15) is 22.8 Å². The number of carbonyl (C=O) groups excluding carboxylic acids is 3. The van der Waals surface area contributed by atoms with E-state index in [-0.39, 0.29) is 40.4 Å². The first-order valence-electron chi connectivity index (χ1n) is 12.1. The number of ketones is 1. The molecule has 8 heteroatoms.